The van der Waals surface area contributed by atoms with Gasteiger partial charge in [-0.2, -0.15) is 0 Å². The van der Waals surface area contributed by atoms with Crippen LogP contribution in [0.2, 0.25) is 5.02 Å². The Morgan fingerprint density at radius 2 is 2.04 bits per heavy atom. The number of ether oxygens (including phenoxy) is 1. The molecule has 7 heteroatoms. The lowest BCUT2D eigenvalue weighted by Gasteiger charge is -2.31. The number of halogens is 1. The number of aromatic nitrogens is 2. The monoisotopic (exact) mass is 415 g/mol. The number of likely N-dealkylation sites (tertiary alicyclic amines) is 1. The fourth-order valence-electron chi connectivity index (χ4n) is 3.66. The summed E-state index contributed by atoms with van der Waals surface area (Å²) in [5, 5.41) is 1.89. The van der Waals surface area contributed by atoms with Crippen molar-refractivity contribution in [2.45, 2.75) is 28.6 Å². The van der Waals surface area contributed by atoms with Crippen LogP contribution in [-0.2, 0) is 9.53 Å². The SMILES string of the molecule is COC(=O)CN1CCC(c2[nH]c3ncccc3c2Sc2ccc(Cl)cc2)CC1. The van der Waals surface area contributed by atoms with Crippen LogP contribution in [-0.4, -0.2) is 47.6 Å². The highest BCUT2D eigenvalue weighted by molar-refractivity contribution is 7.99. The highest BCUT2D eigenvalue weighted by Gasteiger charge is 2.26. The van der Waals surface area contributed by atoms with Crippen LogP contribution in [0.3, 0.4) is 0 Å². The molecular weight excluding hydrogens is 394 g/mol. The first-order chi connectivity index (χ1) is 13.6. The van der Waals surface area contributed by atoms with Gasteiger partial charge in [0, 0.05) is 38.0 Å². The molecule has 0 bridgehead atoms. The van der Waals surface area contributed by atoms with E-state index in [0.29, 0.717) is 12.5 Å². The molecule has 0 aliphatic carbocycles. The van der Waals surface area contributed by atoms with Gasteiger partial charge < -0.3 is 9.72 Å². The molecule has 5 nitrogen and oxygen atoms in total. The van der Waals surface area contributed by atoms with Gasteiger partial charge >= 0.3 is 5.97 Å². The van der Waals surface area contributed by atoms with E-state index in [0.717, 1.165) is 46.9 Å². The highest BCUT2D eigenvalue weighted by atomic mass is 35.5. The summed E-state index contributed by atoms with van der Waals surface area (Å²) in [5.41, 5.74) is 2.16. The molecule has 0 radical (unpaired) electrons. The van der Waals surface area contributed by atoms with Gasteiger partial charge in [-0.05, 0) is 62.3 Å². The summed E-state index contributed by atoms with van der Waals surface area (Å²) in [7, 11) is 1.44. The second-order valence-corrected chi connectivity index (χ2v) is 8.47. The molecule has 0 amide bonds. The maximum Gasteiger partial charge on any atom is 0.319 e. The van der Waals surface area contributed by atoms with E-state index < -0.39 is 0 Å². The molecular formula is C21H22ClN3O2S. The number of carbonyl (C=O) groups is 1. The van der Waals surface area contributed by atoms with Crippen molar-refractivity contribution in [3.8, 4) is 0 Å². The van der Waals surface area contributed by atoms with Crippen molar-refractivity contribution in [3.05, 3.63) is 53.3 Å². The Hall–Kier alpha value is -2.02. The van der Waals surface area contributed by atoms with E-state index in [9.17, 15) is 4.79 Å². The van der Waals surface area contributed by atoms with Gasteiger partial charge in [0.05, 0.1) is 13.7 Å². The Morgan fingerprint density at radius 3 is 2.75 bits per heavy atom. The average Bonchev–Trinajstić information content (AvgIpc) is 3.08. The second-order valence-electron chi connectivity index (χ2n) is 6.95. The maximum absolute atomic E-state index is 11.5. The lowest BCUT2D eigenvalue weighted by atomic mass is 9.93. The standard InChI is InChI=1S/C21H22ClN3O2S/c1-27-18(26)13-25-11-8-14(9-12-25)19-20(17-3-2-10-23-21(17)24-19)28-16-6-4-15(22)5-7-16/h2-7,10,14H,8-9,11-13H2,1H3,(H,23,24). The lowest BCUT2D eigenvalue weighted by molar-refractivity contribution is -0.142. The third-order valence-corrected chi connectivity index (χ3v) is 6.56. The number of esters is 1. The number of carbonyl (C=O) groups excluding carboxylic acids is 1. The van der Waals surface area contributed by atoms with E-state index in [4.69, 9.17) is 16.3 Å². The van der Waals surface area contributed by atoms with Crippen molar-refractivity contribution in [3.63, 3.8) is 0 Å². The first kappa shape index (κ1) is 19.3. The molecule has 146 valence electrons. The molecule has 28 heavy (non-hydrogen) atoms. The Balaban J connectivity index is 1.58. The summed E-state index contributed by atoms with van der Waals surface area (Å²) >= 11 is 7.79. The van der Waals surface area contributed by atoms with Crippen LogP contribution in [0.5, 0.6) is 0 Å². The van der Waals surface area contributed by atoms with Crippen LogP contribution in [0.15, 0.2) is 52.4 Å². The predicted octanol–water partition coefficient (Wildman–Crippen LogP) is 4.72. The van der Waals surface area contributed by atoms with Crippen molar-refractivity contribution >= 4 is 40.4 Å². The summed E-state index contributed by atoms with van der Waals surface area (Å²) in [5.74, 6) is 0.241. The van der Waals surface area contributed by atoms with Gasteiger partial charge in [0.1, 0.15) is 5.65 Å². The normalized spacial score (nSPS) is 15.8. The molecule has 3 heterocycles. The minimum Gasteiger partial charge on any atom is -0.468 e. The molecule has 1 aliphatic heterocycles. The number of rotatable bonds is 5. The number of hydrogen-bond acceptors (Lipinski definition) is 5. The molecule has 0 unspecified atom stereocenters. The fourth-order valence-corrected chi connectivity index (χ4v) is 4.90. The minimum atomic E-state index is -0.174. The van der Waals surface area contributed by atoms with Crippen LogP contribution in [0, 0.1) is 0 Å². The number of hydrogen-bond donors (Lipinski definition) is 1. The zero-order valence-electron chi connectivity index (χ0n) is 15.7. The molecule has 0 saturated carbocycles. The summed E-state index contributed by atoms with van der Waals surface area (Å²) in [4.78, 5) is 24.2. The van der Waals surface area contributed by atoms with E-state index in [1.807, 2.05) is 36.5 Å². The molecule has 2 aromatic heterocycles. The maximum atomic E-state index is 11.5. The van der Waals surface area contributed by atoms with Gasteiger partial charge in [-0.1, -0.05) is 23.4 Å². The number of fused-ring (bicyclic) bond motifs is 1. The van der Waals surface area contributed by atoms with Crippen molar-refractivity contribution < 1.29 is 9.53 Å². The average molecular weight is 416 g/mol. The largest absolute Gasteiger partial charge is 0.468 e. The Bertz CT molecular complexity index is 965. The third-order valence-electron chi connectivity index (χ3n) is 5.16. The number of benzene rings is 1. The molecule has 1 fully saturated rings. The number of methoxy groups -OCH3 is 1. The summed E-state index contributed by atoms with van der Waals surface area (Å²) in [6.45, 7) is 2.13. The van der Waals surface area contributed by atoms with Crippen LogP contribution in [0.1, 0.15) is 24.5 Å². The smallest absolute Gasteiger partial charge is 0.319 e. The number of H-pyrrole nitrogens is 1. The molecule has 0 spiro atoms. The van der Waals surface area contributed by atoms with Crippen molar-refractivity contribution in [2.24, 2.45) is 0 Å². The number of piperidine rings is 1. The minimum absolute atomic E-state index is 0.174. The molecule has 1 N–H and O–H groups in total. The van der Waals surface area contributed by atoms with Crippen LogP contribution < -0.4 is 0 Å². The second kappa shape index (κ2) is 8.55. The van der Waals surface area contributed by atoms with E-state index in [-0.39, 0.29) is 5.97 Å². The highest BCUT2D eigenvalue weighted by Crippen LogP contribution is 2.42. The third kappa shape index (κ3) is 4.19. The summed E-state index contributed by atoms with van der Waals surface area (Å²) in [6.07, 6.45) is 3.81. The fraction of sp³-hybridized carbons (Fsp3) is 0.333. The summed E-state index contributed by atoms with van der Waals surface area (Å²) in [6, 6.07) is 12.0. The lowest BCUT2D eigenvalue weighted by Crippen LogP contribution is -2.37. The van der Waals surface area contributed by atoms with E-state index in [1.54, 1.807) is 11.8 Å². The van der Waals surface area contributed by atoms with Crippen LogP contribution in [0.25, 0.3) is 11.0 Å². The van der Waals surface area contributed by atoms with Gasteiger partial charge in [-0.25, -0.2) is 4.98 Å². The first-order valence-electron chi connectivity index (χ1n) is 9.33. The van der Waals surface area contributed by atoms with Crippen LogP contribution in [0.4, 0.5) is 0 Å². The quantitative estimate of drug-likeness (QED) is 0.611. The summed E-state index contributed by atoms with van der Waals surface area (Å²) < 4.78 is 4.79. The first-order valence-corrected chi connectivity index (χ1v) is 10.5. The number of pyridine rings is 1. The van der Waals surface area contributed by atoms with Crippen molar-refractivity contribution in [2.75, 3.05) is 26.7 Å². The van der Waals surface area contributed by atoms with Crippen molar-refractivity contribution in [1.82, 2.24) is 14.9 Å². The Morgan fingerprint density at radius 1 is 1.29 bits per heavy atom. The topological polar surface area (TPSA) is 58.2 Å². The number of nitrogens with zero attached hydrogens (tertiary/aromatic N) is 2. The van der Waals surface area contributed by atoms with E-state index in [2.05, 4.69) is 20.9 Å². The Kier molecular flexibility index (Phi) is 5.90. The Labute approximate surface area is 173 Å². The molecule has 1 aromatic carbocycles. The van der Waals surface area contributed by atoms with Gasteiger partial charge in [-0.3, -0.25) is 9.69 Å². The number of nitrogens with one attached hydrogen (secondary N) is 1. The molecule has 1 aliphatic rings. The van der Waals surface area contributed by atoms with E-state index in [1.165, 1.54) is 17.7 Å². The predicted molar refractivity (Wildman–Crippen MR) is 112 cm³/mol. The van der Waals surface area contributed by atoms with E-state index >= 15 is 0 Å². The molecule has 4 rings (SSSR count). The van der Waals surface area contributed by atoms with Gasteiger partial charge in [0.15, 0.2) is 0 Å². The molecule has 0 atom stereocenters. The van der Waals surface area contributed by atoms with Crippen molar-refractivity contribution in [1.29, 1.82) is 0 Å². The van der Waals surface area contributed by atoms with Crippen LogP contribution >= 0.6 is 23.4 Å². The molecule has 1 saturated heterocycles. The zero-order valence-corrected chi connectivity index (χ0v) is 17.2. The number of aromatic amines is 1. The zero-order chi connectivity index (χ0) is 19.5. The van der Waals surface area contributed by atoms with Gasteiger partial charge in [0.2, 0.25) is 0 Å². The van der Waals surface area contributed by atoms with Gasteiger partial charge in [-0.15, -0.1) is 0 Å². The molecule has 3 aromatic rings. The van der Waals surface area contributed by atoms with Gasteiger partial charge in [0.25, 0.3) is 0 Å².